The van der Waals surface area contributed by atoms with E-state index in [1.54, 1.807) is 0 Å². The predicted molar refractivity (Wildman–Crippen MR) is 62.1 cm³/mol. The van der Waals surface area contributed by atoms with E-state index >= 15 is 0 Å². The smallest absolute Gasteiger partial charge is 0.315 e. The van der Waals surface area contributed by atoms with Gasteiger partial charge in [0.15, 0.2) is 0 Å². The van der Waals surface area contributed by atoms with E-state index < -0.39 is 0 Å². The maximum absolute atomic E-state index is 11.3. The quantitative estimate of drug-likeness (QED) is 0.781. The number of hydrogen-bond donors (Lipinski definition) is 1. The second-order valence-corrected chi connectivity index (χ2v) is 4.91. The van der Waals surface area contributed by atoms with Crippen LogP contribution in [0.15, 0.2) is 0 Å². The fraction of sp³-hybridized carbons (Fsp3) is 0.917. The van der Waals surface area contributed by atoms with Gasteiger partial charge in [-0.15, -0.1) is 0 Å². The molecule has 4 nitrogen and oxygen atoms in total. The summed E-state index contributed by atoms with van der Waals surface area (Å²) in [6, 6.07) is 0.0508. The van der Waals surface area contributed by atoms with Gasteiger partial charge in [0.2, 0.25) is 0 Å². The van der Waals surface area contributed by atoms with Crippen molar-refractivity contribution in [3.05, 3.63) is 0 Å². The number of amides is 2. The van der Waals surface area contributed by atoms with Crippen LogP contribution in [0.3, 0.4) is 0 Å². The summed E-state index contributed by atoms with van der Waals surface area (Å²) in [4.78, 5) is 13.1. The Morgan fingerprint density at radius 1 is 1.25 bits per heavy atom. The van der Waals surface area contributed by atoms with Crippen LogP contribution in [0.25, 0.3) is 0 Å². The van der Waals surface area contributed by atoms with Crippen molar-refractivity contribution in [1.29, 1.82) is 0 Å². The average molecular weight is 226 g/mol. The van der Waals surface area contributed by atoms with Crippen molar-refractivity contribution >= 4 is 6.03 Å². The average Bonchev–Trinajstić information content (AvgIpc) is 2.31. The van der Waals surface area contributed by atoms with Crippen LogP contribution in [-0.2, 0) is 4.74 Å². The number of nitrogens with zero attached hydrogens (tertiary/aromatic N) is 1. The van der Waals surface area contributed by atoms with Crippen LogP contribution in [-0.4, -0.2) is 36.2 Å². The first-order chi connectivity index (χ1) is 7.77. The van der Waals surface area contributed by atoms with Crippen LogP contribution in [0, 0.1) is 0 Å². The summed E-state index contributed by atoms with van der Waals surface area (Å²) < 4.78 is 5.73. The lowest BCUT2D eigenvalue weighted by Crippen LogP contribution is -2.48. The van der Waals surface area contributed by atoms with E-state index in [0.29, 0.717) is 12.1 Å². The summed E-state index contributed by atoms with van der Waals surface area (Å²) in [5.41, 5.74) is 5.41. The van der Waals surface area contributed by atoms with E-state index in [1.165, 1.54) is 19.3 Å². The Morgan fingerprint density at radius 3 is 2.75 bits per heavy atom. The lowest BCUT2D eigenvalue weighted by molar-refractivity contribution is -0.00628. The van der Waals surface area contributed by atoms with Gasteiger partial charge in [-0.05, 0) is 44.9 Å². The van der Waals surface area contributed by atoms with Crippen molar-refractivity contribution in [2.75, 3.05) is 13.2 Å². The second kappa shape index (κ2) is 5.53. The Bertz CT molecular complexity index is 239. The lowest BCUT2D eigenvalue weighted by Gasteiger charge is -2.37. The molecule has 2 aliphatic rings. The first-order valence-electron chi connectivity index (χ1n) is 6.45. The van der Waals surface area contributed by atoms with E-state index in [2.05, 4.69) is 0 Å². The number of likely N-dealkylation sites (tertiary alicyclic amines) is 1. The van der Waals surface area contributed by atoms with Crippen molar-refractivity contribution < 1.29 is 9.53 Å². The van der Waals surface area contributed by atoms with Crippen LogP contribution in [0.4, 0.5) is 4.79 Å². The zero-order valence-electron chi connectivity index (χ0n) is 9.86. The normalized spacial score (nSPS) is 31.4. The molecule has 4 heteroatoms. The topological polar surface area (TPSA) is 55.6 Å². The number of rotatable bonds is 2. The number of ether oxygens (including phenoxy) is 1. The fourth-order valence-corrected chi connectivity index (χ4v) is 2.83. The summed E-state index contributed by atoms with van der Waals surface area (Å²) in [5.74, 6) is 0. The molecule has 0 aromatic heterocycles. The number of nitrogens with two attached hydrogens (primary N) is 1. The molecule has 0 bridgehead atoms. The van der Waals surface area contributed by atoms with Crippen LogP contribution >= 0.6 is 0 Å². The van der Waals surface area contributed by atoms with Crippen molar-refractivity contribution in [2.24, 2.45) is 5.73 Å². The highest BCUT2D eigenvalue weighted by Gasteiger charge is 2.28. The largest absolute Gasteiger partial charge is 0.378 e. The third-order valence-corrected chi connectivity index (χ3v) is 3.72. The maximum atomic E-state index is 11.3. The molecule has 2 N–H and O–H groups in total. The van der Waals surface area contributed by atoms with Crippen LogP contribution in [0.5, 0.6) is 0 Å². The van der Waals surface area contributed by atoms with Gasteiger partial charge in [0.25, 0.3) is 0 Å². The van der Waals surface area contributed by atoms with E-state index in [0.717, 1.165) is 38.8 Å². The highest BCUT2D eigenvalue weighted by Crippen LogP contribution is 2.25. The summed E-state index contributed by atoms with van der Waals surface area (Å²) in [6.07, 6.45) is 8.29. The van der Waals surface area contributed by atoms with Crippen molar-refractivity contribution in [3.63, 3.8) is 0 Å². The van der Waals surface area contributed by atoms with Crippen molar-refractivity contribution in [1.82, 2.24) is 4.90 Å². The number of urea groups is 1. The van der Waals surface area contributed by atoms with Crippen molar-refractivity contribution in [3.8, 4) is 0 Å². The number of piperidine rings is 1. The van der Waals surface area contributed by atoms with Gasteiger partial charge in [-0.25, -0.2) is 4.79 Å². The third-order valence-electron chi connectivity index (χ3n) is 3.72. The van der Waals surface area contributed by atoms with Gasteiger partial charge >= 0.3 is 6.03 Å². The molecule has 2 heterocycles. The molecule has 92 valence electrons. The minimum atomic E-state index is -0.263. The zero-order chi connectivity index (χ0) is 11.4. The Hall–Kier alpha value is -0.770. The molecular formula is C12H22N2O2. The van der Waals surface area contributed by atoms with Gasteiger partial charge in [-0.2, -0.15) is 0 Å². The monoisotopic (exact) mass is 226 g/mol. The van der Waals surface area contributed by atoms with Gasteiger partial charge in [0.05, 0.1) is 6.10 Å². The molecule has 0 aliphatic carbocycles. The molecule has 0 saturated carbocycles. The molecule has 2 atom stereocenters. The molecule has 2 saturated heterocycles. The summed E-state index contributed by atoms with van der Waals surface area (Å²) in [7, 11) is 0. The maximum Gasteiger partial charge on any atom is 0.315 e. The number of carbonyl (C=O) groups excluding carboxylic acids is 1. The first kappa shape index (κ1) is 11.7. The van der Waals surface area contributed by atoms with Gasteiger partial charge in [0.1, 0.15) is 0 Å². The second-order valence-electron chi connectivity index (χ2n) is 4.91. The minimum Gasteiger partial charge on any atom is -0.378 e. The fourth-order valence-electron chi connectivity index (χ4n) is 2.83. The van der Waals surface area contributed by atoms with Crippen LogP contribution < -0.4 is 5.73 Å². The first-order valence-corrected chi connectivity index (χ1v) is 6.45. The van der Waals surface area contributed by atoms with Crippen molar-refractivity contribution in [2.45, 2.75) is 57.1 Å². The summed E-state index contributed by atoms with van der Waals surface area (Å²) >= 11 is 0. The Morgan fingerprint density at radius 2 is 2.06 bits per heavy atom. The third kappa shape index (κ3) is 2.88. The standard InChI is InChI=1S/C12H22N2O2/c13-12(15)14-7-3-1-5-10(14)9-11-6-2-4-8-16-11/h10-11H,1-9H2,(H2,13,15). The van der Waals surface area contributed by atoms with Gasteiger partial charge in [-0.1, -0.05) is 0 Å². The van der Waals surface area contributed by atoms with Gasteiger partial charge in [0, 0.05) is 19.2 Å². The van der Waals surface area contributed by atoms with E-state index in [1.807, 2.05) is 4.90 Å². The Balaban J connectivity index is 1.87. The molecule has 0 radical (unpaired) electrons. The summed E-state index contributed by atoms with van der Waals surface area (Å²) in [5, 5.41) is 0. The molecule has 2 aliphatic heterocycles. The SMILES string of the molecule is NC(=O)N1CCCCC1CC1CCCCO1. The molecule has 2 rings (SSSR count). The highest BCUT2D eigenvalue weighted by atomic mass is 16.5. The molecule has 2 amide bonds. The number of carbonyl (C=O) groups is 1. The van der Waals surface area contributed by atoms with Crippen LogP contribution in [0.2, 0.25) is 0 Å². The molecule has 0 aromatic carbocycles. The molecule has 0 spiro atoms. The molecule has 2 fully saturated rings. The highest BCUT2D eigenvalue weighted by molar-refractivity contribution is 5.72. The zero-order valence-corrected chi connectivity index (χ0v) is 9.86. The predicted octanol–water partition coefficient (Wildman–Crippen LogP) is 1.88. The molecule has 2 unspecified atom stereocenters. The number of hydrogen-bond acceptors (Lipinski definition) is 2. The minimum absolute atomic E-state index is 0.263. The molecular weight excluding hydrogens is 204 g/mol. The Kier molecular flexibility index (Phi) is 4.04. The van der Waals surface area contributed by atoms with Crippen LogP contribution in [0.1, 0.15) is 44.9 Å². The van der Waals surface area contributed by atoms with E-state index in [9.17, 15) is 4.79 Å². The number of primary amides is 1. The Labute approximate surface area is 97.1 Å². The van der Waals surface area contributed by atoms with Gasteiger partial charge in [-0.3, -0.25) is 0 Å². The lowest BCUT2D eigenvalue weighted by atomic mass is 9.94. The summed E-state index contributed by atoms with van der Waals surface area (Å²) in [6.45, 7) is 1.71. The molecule has 0 aromatic rings. The van der Waals surface area contributed by atoms with E-state index in [4.69, 9.17) is 10.5 Å². The molecule has 16 heavy (non-hydrogen) atoms. The van der Waals surface area contributed by atoms with Gasteiger partial charge < -0.3 is 15.4 Å². The van der Waals surface area contributed by atoms with E-state index in [-0.39, 0.29) is 6.03 Å².